The molecule has 3 atom stereocenters. The summed E-state index contributed by atoms with van der Waals surface area (Å²) in [5.41, 5.74) is 1.23. The Morgan fingerprint density at radius 3 is 2.61 bits per heavy atom. The average molecular weight is 426 g/mol. The molecule has 2 aliphatic rings. The van der Waals surface area contributed by atoms with Crippen molar-refractivity contribution >= 4 is 17.5 Å². The highest BCUT2D eigenvalue weighted by Gasteiger charge is 2.51. The first-order valence-electron chi connectivity index (χ1n) is 10.6. The summed E-state index contributed by atoms with van der Waals surface area (Å²) in [6.07, 6.45) is 2.86. The van der Waals surface area contributed by atoms with Crippen LogP contribution in [-0.2, 0) is 9.59 Å². The number of hydrogen-bond donors (Lipinski definition) is 2. The summed E-state index contributed by atoms with van der Waals surface area (Å²) in [6, 6.07) is 13.6. The molecule has 0 bridgehead atoms. The first-order valence-corrected chi connectivity index (χ1v) is 10.6. The quantitative estimate of drug-likeness (QED) is 0.767. The third kappa shape index (κ3) is 4.56. The van der Waals surface area contributed by atoms with Crippen molar-refractivity contribution in [2.45, 2.75) is 50.2 Å². The van der Waals surface area contributed by atoms with Gasteiger partial charge in [-0.25, -0.2) is 4.39 Å². The minimum Gasteiger partial charge on any atom is -0.497 e. The predicted molar refractivity (Wildman–Crippen MR) is 116 cm³/mol. The van der Waals surface area contributed by atoms with Crippen LogP contribution in [0.4, 0.5) is 10.1 Å². The second kappa shape index (κ2) is 8.67. The van der Waals surface area contributed by atoms with Crippen LogP contribution >= 0.6 is 0 Å². The summed E-state index contributed by atoms with van der Waals surface area (Å²) in [5, 5.41) is 6.08. The lowest BCUT2D eigenvalue weighted by atomic mass is 9.88. The third-order valence-electron chi connectivity index (χ3n) is 6.41. The molecule has 2 aromatic carbocycles. The van der Waals surface area contributed by atoms with Crippen LogP contribution in [0.2, 0.25) is 0 Å². The fourth-order valence-electron chi connectivity index (χ4n) is 4.95. The predicted octanol–water partition coefficient (Wildman–Crippen LogP) is 3.65. The molecule has 2 heterocycles. The fraction of sp³-hybridized carbons (Fsp3) is 0.417. The van der Waals surface area contributed by atoms with Crippen molar-refractivity contribution in [1.82, 2.24) is 10.2 Å². The van der Waals surface area contributed by atoms with Gasteiger partial charge in [-0.05, 0) is 68.1 Å². The summed E-state index contributed by atoms with van der Waals surface area (Å²) in [6.45, 7) is 2.26. The Bertz CT molecular complexity index is 948. The van der Waals surface area contributed by atoms with Gasteiger partial charge >= 0.3 is 0 Å². The molecular weight excluding hydrogens is 397 g/mol. The van der Waals surface area contributed by atoms with Crippen molar-refractivity contribution in [2.75, 3.05) is 19.0 Å². The van der Waals surface area contributed by atoms with Gasteiger partial charge in [0.25, 0.3) is 0 Å². The van der Waals surface area contributed by atoms with Gasteiger partial charge in [0.05, 0.1) is 19.2 Å². The van der Waals surface area contributed by atoms with Gasteiger partial charge < -0.3 is 15.4 Å². The molecule has 2 aromatic rings. The van der Waals surface area contributed by atoms with E-state index in [-0.39, 0.29) is 36.3 Å². The van der Waals surface area contributed by atoms with E-state index in [0.29, 0.717) is 12.1 Å². The largest absolute Gasteiger partial charge is 0.497 e. The van der Waals surface area contributed by atoms with Crippen LogP contribution in [-0.4, -0.2) is 41.9 Å². The molecular formula is C24H28FN3O3. The minimum atomic E-state index is -0.408. The molecule has 2 saturated heterocycles. The van der Waals surface area contributed by atoms with E-state index in [0.717, 1.165) is 30.6 Å². The molecule has 0 saturated carbocycles. The third-order valence-corrected chi connectivity index (χ3v) is 6.41. The van der Waals surface area contributed by atoms with Gasteiger partial charge in [-0.2, -0.15) is 0 Å². The molecule has 2 amide bonds. The Labute approximate surface area is 181 Å². The molecule has 0 aliphatic carbocycles. The number of hydrogen-bond acceptors (Lipinski definition) is 4. The lowest BCUT2D eigenvalue weighted by Crippen LogP contribution is -2.53. The molecule has 4 rings (SSSR count). The Hall–Kier alpha value is -2.93. The van der Waals surface area contributed by atoms with Crippen LogP contribution in [0.5, 0.6) is 5.75 Å². The van der Waals surface area contributed by atoms with Gasteiger partial charge in [-0.3, -0.25) is 14.5 Å². The first-order chi connectivity index (χ1) is 14.9. The van der Waals surface area contributed by atoms with Crippen molar-refractivity contribution in [1.29, 1.82) is 0 Å². The Morgan fingerprint density at radius 2 is 1.94 bits per heavy atom. The monoisotopic (exact) mass is 425 g/mol. The normalized spacial score (nSPS) is 26.0. The number of likely N-dealkylation sites (tertiary alicyclic amines) is 1. The van der Waals surface area contributed by atoms with Gasteiger partial charge in [0, 0.05) is 24.2 Å². The van der Waals surface area contributed by atoms with Crippen LogP contribution in [0, 0.1) is 5.82 Å². The van der Waals surface area contributed by atoms with E-state index in [9.17, 15) is 14.0 Å². The lowest BCUT2D eigenvalue weighted by molar-refractivity contribution is -0.122. The number of anilines is 1. The van der Waals surface area contributed by atoms with Gasteiger partial charge in [0.15, 0.2) is 0 Å². The van der Waals surface area contributed by atoms with Gasteiger partial charge in [0.1, 0.15) is 11.6 Å². The molecule has 0 spiro atoms. The summed E-state index contributed by atoms with van der Waals surface area (Å²) in [4.78, 5) is 27.4. The van der Waals surface area contributed by atoms with E-state index < -0.39 is 5.54 Å². The second-order valence-electron chi connectivity index (χ2n) is 8.59. The SMILES string of the molecule is COc1ccc([C@@H]2C[C@]3(C)NC(=O)CCC[C@@H]3N2CC(=O)Nc2ccc(F)cc2)cc1. The molecule has 0 unspecified atom stereocenters. The van der Waals surface area contributed by atoms with Crippen molar-refractivity contribution < 1.29 is 18.7 Å². The van der Waals surface area contributed by atoms with E-state index in [4.69, 9.17) is 4.74 Å². The zero-order valence-corrected chi connectivity index (χ0v) is 17.9. The molecule has 0 radical (unpaired) electrons. The number of ether oxygens (including phenoxy) is 1. The number of benzene rings is 2. The van der Waals surface area contributed by atoms with Crippen molar-refractivity contribution in [3.05, 3.63) is 59.9 Å². The number of fused-ring (bicyclic) bond motifs is 1. The van der Waals surface area contributed by atoms with Crippen molar-refractivity contribution in [2.24, 2.45) is 0 Å². The first kappa shape index (κ1) is 21.3. The Kier molecular flexibility index (Phi) is 5.96. The number of methoxy groups -OCH3 is 1. The highest BCUT2D eigenvalue weighted by molar-refractivity contribution is 5.92. The second-order valence-corrected chi connectivity index (χ2v) is 8.59. The molecule has 2 fully saturated rings. The summed E-state index contributed by atoms with van der Waals surface area (Å²) >= 11 is 0. The average Bonchev–Trinajstić information content (AvgIpc) is 2.91. The van der Waals surface area contributed by atoms with E-state index in [1.165, 1.54) is 12.1 Å². The van der Waals surface area contributed by atoms with Crippen LogP contribution in [0.25, 0.3) is 0 Å². The van der Waals surface area contributed by atoms with Gasteiger partial charge in [0.2, 0.25) is 11.8 Å². The summed E-state index contributed by atoms with van der Waals surface area (Å²) in [7, 11) is 1.63. The molecule has 7 heteroatoms. The highest BCUT2D eigenvalue weighted by atomic mass is 19.1. The number of rotatable bonds is 5. The van der Waals surface area contributed by atoms with E-state index >= 15 is 0 Å². The highest BCUT2D eigenvalue weighted by Crippen LogP contribution is 2.45. The standard InChI is InChI=1S/C24H28FN3O3/c1-24-14-20(16-6-12-19(31-2)13-7-16)28(21(24)4-3-5-22(29)27-24)15-23(30)26-18-10-8-17(25)9-11-18/h6-13,20-21H,3-5,14-15H2,1-2H3,(H,26,30)(H,27,29)/t20-,21-,24-/m0/s1. The van der Waals surface area contributed by atoms with E-state index in [2.05, 4.69) is 22.5 Å². The Balaban J connectivity index is 1.59. The fourth-order valence-corrected chi connectivity index (χ4v) is 4.95. The van der Waals surface area contributed by atoms with Crippen molar-refractivity contribution in [3.63, 3.8) is 0 Å². The smallest absolute Gasteiger partial charge is 0.238 e. The van der Waals surface area contributed by atoms with Gasteiger partial charge in [-0.1, -0.05) is 12.1 Å². The Morgan fingerprint density at radius 1 is 1.23 bits per heavy atom. The zero-order valence-electron chi connectivity index (χ0n) is 17.9. The van der Waals surface area contributed by atoms with Crippen LogP contribution in [0.15, 0.2) is 48.5 Å². The number of amides is 2. The van der Waals surface area contributed by atoms with Crippen LogP contribution < -0.4 is 15.4 Å². The maximum atomic E-state index is 13.2. The number of carbonyl (C=O) groups excluding carboxylic acids is 2. The molecule has 164 valence electrons. The maximum absolute atomic E-state index is 13.2. The summed E-state index contributed by atoms with van der Waals surface area (Å²) < 4.78 is 18.5. The van der Waals surface area contributed by atoms with Gasteiger partial charge in [-0.15, -0.1) is 0 Å². The zero-order chi connectivity index (χ0) is 22.0. The lowest BCUT2D eigenvalue weighted by Gasteiger charge is -2.34. The molecule has 2 aliphatic heterocycles. The van der Waals surface area contributed by atoms with Crippen LogP contribution in [0.1, 0.15) is 44.2 Å². The van der Waals surface area contributed by atoms with Crippen LogP contribution in [0.3, 0.4) is 0 Å². The molecule has 2 N–H and O–H groups in total. The number of halogens is 1. The number of nitrogens with one attached hydrogen (secondary N) is 2. The van der Waals surface area contributed by atoms with E-state index in [1.807, 2.05) is 24.3 Å². The topological polar surface area (TPSA) is 70.7 Å². The van der Waals surface area contributed by atoms with Crippen molar-refractivity contribution in [3.8, 4) is 5.75 Å². The molecule has 6 nitrogen and oxygen atoms in total. The molecule has 31 heavy (non-hydrogen) atoms. The number of carbonyl (C=O) groups is 2. The molecule has 0 aromatic heterocycles. The van der Waals surface area contributed by atoms with E-state index in [1.54, 1.807) is 19.2 Å². The minimum absolute atomic E-state index is 0.0155. The summed E-state index contributed by atoms with van der Waals surface area (Å²) in [5.74, 6) is 0.333. The number of nitrogens with zero attached hydrogens (tertiary/aromatic N) is 1. The maximum Gasteiger partial charge on any atom is 0.238 e.